The lowest BCUT2D eigenvalue weighted by atomic mass is 10.1. The Morgan fingerprint density at radius 3 is 2.62 bits per heavy atom. The van der Waals surface area contributed by atoms with Crippen LogP contribution in [-0.4, -0.2) is 36.6 Å². The highest BCUT2D eigenvalue weighted by atomic mass is 35.5. The largest absolute Gasteiger partial charge is 0.379 e. The van der Waals surface area contributed by atoms with Crippen LogP contribution >= 0.6 is 11.6 Å². The number of hydrogen-bond donors (Lipinski definition) is 1. The van der Waals surface area contributed by atoms with E-state index >= 15 is 0 Å². The van der Waals surface area contributed by atoms with Crippen LogP contribution in [0.2, 0.25) is 5.02 Å². The first-order chi connectivity index (χ1) is 9.99. The Morgan fingerprint density at radius 1 is 1.33 bits per heavy atom. The number of carbonyl (C=O) groups excluding carboxylic acids is 1. The molecule has 5 heteroatoms. The van der Waals surface area contributed by atoms with E-state index in [1.165, 1.54) is 0 Å². The van der Waals surface area contributed by atoms with E-state index in [-0.39, 0.29) is 18.1 Å². The first-order valence-electron chi connectivity index (χ1n) is 7.38. The molecule has 0 radical (unpaired) electrons. The van der Waals surface area contributed by atoms with Crippen molar-refractivity contribution in [3.05, 3.63) is 34.9 Å². The van der Waals surface area contributed by atoms with E-state index in [2.05, 4.69) is 19.2 Å². The second-order valence-electron chi connectivity index (χ2n) is 5.84. The van der Waals surface area contributed by atoms with E-state index < -0.39 is 0 Å². The molecule has 1 N–H and O–H groups in total. The van der Waals surface area contributed by atoms with E-state index in [0.29, 0.717) is 24.1 Å². The number of hydrogen-bond acceptors (Lipinski definition) is 3. The summed E-state index contributed by atoms with van der Waals surface area (Å²) in [6.07, 6.45) is -0.104. The number of amides is 1. The van der Waals surface area contributed by atoms with E-state index in [9.17, 15) is 4.79 Å². The molecule has 1 heterocycles. The van der Waals surface area contributed by atoms with Crippen LogP contribution in [0.3, 0.4) is 0 Å². The van der Waals surface area contributed by atoms with Gasteiger partial charge in [0.25, 0.3) is 0 Å². The van der Waals surface area contributed by atoms with Gasteiger partial charge in [0, 0.05) is 18.2 Å². The minimum Gasteiger partial charge on any atom is -0.379 e. The summed E-state index contributed by atoms with van der Waals surface area (Å²) in [4.78, 5) is 14.1. The molecule has 1 aromatic rings. The van der Waals surface area contributed by atoms with Gasteiger partial charge >= 0.3 is 0 Å². The minimum atomic E-state index is -0.171. The number of rotatable bonds is 6. The number of ether oxygens (including phenoxy) is 1. The highest BCUT2D eigenvalue weighted by molar-refractivity contribution is 6.30. The van der Waals surface area contributed by atoms with E-state index in [4.69, 9.17) is 16.3 Å². The Kier molecular flexibility index (Phi) is 5.62. The van der Waals surface area contributed by atoms with Gasteiger partial charge in [-0.3, -0.25) is 10.1 Å². The molecule has 116 valence electrons. The van der Waals surface area contributed by atoms with Gasteiger partial charge < -0.3 is 9.64 Å². The smallest absolute Gasteiger partial charge is 0.241 e. The van der Waals surface area contributed by atoms with Crippen LogP contribution < -0.4 is 5.32 Å². The van der Waals surface area contributed by atoms with Crippen molar-refractivity contribution < 1.29 is 9.53 Å². The molecule has 1 amide bonds. The summed E-state index contributed by atoms with van der Waals surface area (Å²) in [5, 5.41) is 4.01. The standard InChI is InChI=1S/C16H23ClN2O2/c1-11(2)10-21-9-8-19-15(18-12(3)16(19)20)13-4-6-14(17)7-5-13/h4-7,11-12,15,18H,8-10H2,1-3H3. The van der Waals surface area contributed by atoms with Gasteiger partial charge in [-0.15, -0.1) is 0 Å². The van der Waals surface area contributed by atoms with Gasteiger partial charge in [-0.25, -0.2) is 0 Å². The Hall–Kier alpha value is -1.10. The molecule has 0 aliphatic carbocycles. The van der Waals surface area contributed by atoms with Gasteiger partial charge in [-0.05, 0) is 30.5 Å². The normalized spacial score (nSPS) is 22.3. The first-order valence-corrected chi connectivity index (χ1v) is 7.76. The van der Waals surface area contributed by atoms with Crippen molar-refractivity contribution in [3.63, 3.8) is 0 Å². The average molecular weight is 311 g/mol. The Morgan fingerprint density at radius 2 is 2.00 bits per heavy atom. The van der Waals surface area contributed by atoms with Gasteiger partial charge in [0.2, 0.25) is 5.91 Å². The Balaban J connectivity index is 2.01. The highest BCUT2D eigenvalue weighted by Crippen LogP contribution is 2.26. The maximum absolute atomic E-state index is 12.3. The zero-order valence-electron chi connectivity index (χ0n) is 12.8. The van der Waals surface area contributed by atoms with Gasteiger partial charge in [0.05, 0.1) is 12.6 Å². The topological polar surface area (TPSA) is 41.6 Å². The van der Waals surface area contributed by atoms with Crippen LogP contribution in [0.4, 0.5) is 0 Å². The van der Waals surface area contributed by atoms with Crippen LogP contribution in [0.15, 0.2) is 24.3 Å². The van der Waals surface area contributed by atoms with Gasteiger partial charge in [-0.1, -0.05) is 37.6 Å². The molecule has 1 aliphatic rings. The monoisotopic (exact) mass is 310 g/mol. The number of nitrogens with one attached hydrogen (secondary N) is 1. The summed E-state index contributed by atoms with van der Waals surface area (Å²) >= 11 is 5.92. The van der Waals surface area contributed by atoms with E-state index in [1.807, 2.05) is 36.1 Å². The third-order valence-electron chi connectivity index (χ3n) is 3.49. The molecular formula is C16H23ClN2O2. The average Bonchev–Trinajstić information content (AvgIpc) is 2.72. The second-order valence-corrected chi connectivity index (χ2v) is 6.28. The van der Waals surface area contributed by atoms with Crippen LogP contribution in [-0.2, 0) is 9.53 Å². The van der Waals surface area contributed by atoms with Crippen molar-refractivity contribution in [3.8, 4) is 0 Å². The highest BCUT2D eigenvalue weighted by Gasteiger charge is 2.36. The second kappa shape index (κ2) is 7.25. The summed E-state index contributed by atoms with van der Waals surface area (Å²) in [6, 6.07) is 7.43. The number of nitrogens with zero attached hydrogens (tertiary/aromatic N) is 1. The van der Waals surface area contributed by atoms with Gasteiger partial charge in [0.15, 0.2) is 0 Å². The maximum atomic E-state index is 12.3. The van der Waals surface area contributed by atoms with Crippen LogP contribution in [0, 0.1) is 5.92 Å². The van der Waals surface area contributed by atoms with Crippen molar-refractivity contribution in [2.75, 3.05) is 19.8 Å². The lowest BCUT2D eigenvalue weighted by molar-refractivity contribution is -0.130. The molecule has 0 saturated carbocycles. The van der Waals surface area contributed by atoms with Crippen LogP contribution in [0.1, 0.15) is 32.5 Å². The first kappa shape index (κ1) is 16.3. The van der Waals surface area contributed by atoms with Crippen molar-refractivity contribution in [2.24, 2.45) is 5.92 Å². The molecule has 2 unspecified atom stereocenters. The fraction of sp³-hybridized carbons (Fsp3) is 0.562. The fourth-order valence-electron chi connectivity index (χ4n) is 2.42. The van der Waals surface area contributed by atoms with E-state index in [0.717, 1.165) is 12.2 Å². The predicted octanol–water partition coefficient (Wildman–Crippen LogP) is 2.83. The fourth-order valence-corrected chi connectivity index (χ4v) is 2.54. The summed E-state index contributed by atoms with van der Waals surface area (Å²) in [5.74, 6) is 0.617. The molecular weight excluding hydrogens is 288 g/mol. The van der Waals surface area contributed by atoms with Crippen molar-refractivity contribution >= 4 is 17.5 Å². The predicted molar refractivity (Wildman–Crippen MR) is 84.2 cm³/mol. The van der Waals surface area contributed by atoms with Gasteiger partial charge in [0.1, 0.15) is 6.17 Å². The van der Waals surface area contributed by atoms with Crippen molar-refractivity contribution in [2.45, 2.75) is 33.0 Å². The molecule has 0 bridgehead atoms. The lowest BCUT2D eigenvalue weighted by Gasteiger charge is -2.24. The third-order valence-corrected chi connectivity index (χ3v) is 3.74. The molecule has 0 spiro atoms. The van der Waals surface area contributed by atoms with Crippen LogP contribution in [0.25, 0.3) is 0 Å². The number of halogens is 1. The zero-order chi connectivity index (χ0) is 15.4. The number of carbonyl (C=O) groups is 1. The molecule has 2 rings (SSSR count). The molecule has 1 aliphatic heterocycles. The molecule has 0 aromatic heterocycles. The summed E-state index contributed by atoms with van der Waals surface area (Å²) in [5.41, 5.74) is 1.04. The third kappa shape index (κ3) is 4.19. The summed E-state index contributed by atoms with van der Waals surface area (Å²) in [7, 11) is 0. The maximum Gasteiger partial charge on any atom is 0.241 e. The molecule has 1 fully saturated rings. The van der Waals surface area contributed by atoms with Crippen molar-refractivity contribution in [1.82, 2.24) is 10.2 Å². The van der Waals surface area contributed by atoms with Gasteiger partial charge in [-0.2, -0.15) is 0 Å². The molecule has 2 atom stereocenters. The quantitative estimate of drug-likeness (QED) is 0.822. The molecule has 21 heavy (non-hydrogen) atoms. The zero-order valence-corrected chi connectivity index (χ0v) is 13.6. The summed E-state index contributed by atoms with van der Waals surface area (Å²) < 4.78 is 5.60. The molecule has 1 saturated heterocycles. The minimum absolute atomic E-state index is 0.104. The summed E-state index contributed by atoms with van der Waals surface area (Å²) in [6.45, 7) is 7.98. The molecule has 4 nitrogen and oxygen atoms in total. The number of benzene rings is 1. The lowest BCUT2D eigenvalue weighted by Crippen LogP contribution is -2.33. The Labute approximate surface area is 131 Å². The van der Waals surface area contributed by atoms with E-state index in [1.54, 1.807) is 0 Å². The molecule has 1 aromatic carbocycles. The van der Waals surface area contributed by atoms with Crippen LogP contribution in [0.5, 0.6) is 0 Å². The van der Waals surface area contributed by atoms with Crippen molar-refractivity contribution in [1.29, 1.82) is 0 Å². The Bertz CT molecular complexity index is 476. The SMILES string of the molecule is CC(C)COCCN1C(=O)C(C)NC1c1ccc(Cl)cc1.